The highest BCUT2D eigenvalue weighted by Gasteiger charge is 2.12. The van der Waals surface area contributed by atoms with E-state index in [0.717, 1.165) is 0 Å². The molecule has 0 aromatic heterocycles. The molecule has 60 valence electrons. The highest BCUT2D eigenvalue weighted by atomic mass is 79.9. The first-order chi connectivity index (χ1) is 4.42. The van der Waals surface area contributed by atoms with Gasteiger partial charge in [0.1, 0.15) is 0 Å². The quantitative estimate of drug-likeness (QED) is 0.717. The van der Waals surface area contributed by atoms with Crippen molar-refractivity contribution in [1.29, 1.82) is 0 Å². The Morgan fingerprint density at radius 3 is 2.50 bits per heavy atom. The van der Waals surface area contributed by atoms with E-state index in [1.54, 1.807) is 0 Å². The van der Waals surface area contributed by atoms with E-state index in [2.05, 4.69) is 27.0 Å². The Morgan fingerprint density at radius 1 is 1.70 bits per heavy atom. The number of rotatable bonds is 4. The molecule has 0 radical (unpaired) electrons. The molecule has 0 fully saturated rings. The van der Waals surface area contributed by atoms with E-state index in [0.29, 0.717) is 10.9 Å². The van der Waals surface area contributed by atoms with Crippen molar-refractivity contribution < 1.29 is 18.9 Å². The van der Waals surface area contributed by atoms with Crippen LogP contribution in [0.4, 0.5) is 0 Å². The first-order valence-electron chi connectivity index (χ1n) is 2.45. The van der Waals surface area contributed by atoms with Crippen molar-refractivity contribution >= 4 is 23.8 Å². The fourth-order valence-electron chi connectivity index (χ4n) is 0.275. The first kappa shape index (κ1) is 10.3. The van der Waals surface area contributed by atoms with Crippen LogP contribution >= 0.6 is 23.8 Å². The Balaban J connectivity index is 3.39. The van der Waals surface area contributed by atoms with Gasteiger partial charge in [-0.15, -0.1) is 0 Å². The van der Waals surface area contributed by atoms with Crippen molar-refractivity contribution in [3.8, 4) is 0 Å². The maximum Gasteiger partial charge on any atom is 0.469 e. The topological polar surface area (TPSA) is 66.8 Å². The summed E-state index contributed by atoms with van der Waals surface area (Å²) in [5.41, 5.74) is 0. The number of hydrogen-bond acceptors (Lipinski definition) is 2. The van der Waals surface area contributed by atoms with E-state index < -0.39 is 7.82 Å². The van der Waals surface area contributed by atoms with Gasteiger partial charge in [0.2, 0.25) is 0 Å². The Kier molecular flexibility index (Phi) is 4.40. The molecule has 0 rings (SSSR count). The smallest absolute Gasteiger partial charge is 0.303 e. The van der Waals surface area contributed by atoms with E-state index in [1.165, 1.54) is 0 Å². The molecule has 0 saturated heterocycles. The van der Waals surface area contributed by atoms with Crippen LogP contribution in [0.3, 0.4) is 0 Å². The van der Waals surface area contributed by atoms with Crippen LogP contribution in [0.2, 0.25) is 0 Å². The summed E-state index contributed by atoms with van der Waals surface area (Å²) in [4.78, 5) is 16.3. The van der Waals surface area contributed by atoms with Gasteiger partial charge in [0, 0.05) is 6.42 Å². The summed E-state index contributed by atoms with van der Waals surface area (Å²) in [7, 11) is -4.28. The summed E-state index contributed by atoms with van der Waals surface area (Å²) in [5.74, 6) is 0. The van der Waals surface area contributed by atoms with Crippen LogP contribution in [0.1, 0.15) is 6.42 Å². The Bertz CT molecular complexity index is 163. The highest BCUT2D eigenvalue weighted by Crippen LogP contribution is 2.36. The Morgan fingerprint density at radius 2 is 2.20 bits per heavy atom. The van der Waals surface area contributed by atoms with Gasteiger partial charge in [0.25, 0.3) is 0 Å². The molecule has 2 N–H and O–H groups in total. The minimum atomic E-state index is -4.28. The van der Waals surface area contributed by atoms with Gasteiger partial charge in [-0.25, -0.2) is 4.57 Å². The van der Waals surface area contributed by atoms with E-state index in [-0.39, 0.29) is 6.61 Å². The summed E-state index contributed by atoms with van der Waals surface area (Å²) in [6.45, 7) is 3.44. The predicted octanol–water partition coefficient (Wildman–Crippen LogP) is 1.39. The van der Waals surface area contributed by atoms with Gasteiger partial charge in [-0.3, -0.25) is 4.52 Å². The van der Waals surface area contributed by atoms with Crippen LogP contribution in [0.15, 0.2) is 11.1 Å². The summed E-state index contributed by atoms with van der Waals surface area (Å²) < 4.78 is 14.8. The largest absolute Gasteiger partial charge is 0.469 e. The lowest BCUT2D eigenvalue weighted by Crippen LogP contribution is -1.90. The van der Waals surface area contributed by atoms with Crippen LogP contribution in [0, 0.1) is 0 Å². The minimum absolute atomic E-state index is 0.0195. The number of hydrogen-bond donors (Lipinski definition) is 2. The molecule has 6 heteroatoms. The molecule has 0 unspecified atom stereocenters. The molecule has 0 aromatic rings. The standard InChI is InChI=1S/C4H8BrO4P/c1-4(5)2-3-9-10(6,7)8/h1-3H2,(H2,6,7,8). The van der Waals surface area contributed by atoms with Crippen LogP contribution < -0.4 is 0 Å². The van der Waals surface area contributed by atoms with Gasteiger partial charge in [0.05, 0.1) is 6.61 Å². The SMILES string of the molecule is C=C(Br)CCOP(=O)(O)O. The van der Waals surface area contributed by atoms with Crippen molar-refractivity contribution in [3.63, 3.8) is 0 Å². The molecule has 0 aromatic carbocycles. The molecule has 0 saturated carbocycles. The lowest BCUT2D eigenvalue weighted by molar-refractivity contribution is 0.200. The van der Waals surface area contributed by atoms with E-state index in [4.69, 9.17) is 9.79 Å². The number of phosphoric acid groups is 1. The van der Waals surface area contributed by atoms with Crippen LogP contribution in [0.25, 0.3) is 0 Å². The maximum absolute atomic E-state index is 10.0. The summed E-state index contributed by atoms with van der Waals surface area (Å²) >= 11 is 3.01. The third-order valence-corrected chi connectivity index (χ3v) is 1.55. The van der Waals surface area contributed by atoms with Gasteiger partial charge in [-0.05, 0) is 4.48 Å². The van der Waals surface area contributed by atoms with Gasteiger partial charge in [-0.2, -0.15) is 0 Å². The van der Waals surface area contributed by atoms with Crippen molar-refractivity contribution in [2.24, 2.45) is 0 Å². The number of phosphoric ester groups is 1. The molecular weight excluding hydrogens is 223 g/mol. The molecule has 10 heavy (non-hydrogen) atoms. The van der Waals surface area contributed by atoms with Gasteiger partial charge in [0.15, 0.2) is 0 Å². The molecule has 0 aliphatic heterocycles. The van der Waals surface area contributed by atoms with Crippen molar-refractivity contribution in [2.75, 3.05) is 6.61 Å². The molecular formula is C4H8BrO4P. The predicted molar refractivity (Wildman–Crippen MR) is 40.7 cm³/mol. The molecule has 0 spiro atoms. The molecule has 0 aliphatic rings. The lowest BCUT2D eigenvalue weighted by Gasteiger charge is -2.02. The van der Waals surface area contributed by atoms with E-state index in [9.17, 15) is 4.57 Å². The molecule has 0 heterocycles. The fourth-order valence-corrected chi connectivity index (χ4v) is 0.766. The van der Waals surface area contributed by atoms with E-state index >= 15 is 0 Å². The maximum atomic E-state index is 10.0. The summed E-state index contributed by atoms with van der Waals surface area (Å²) in [6, 6.07) is 0. The zero-order valence-corrected chi connectivity index (χ0v) is 7.64. The molecule has 0 aliphatic carbocycles. The van der Waals surface area contributed by atoms with Crippen molar-refractivity contribution in [1.82, 2.24) is 0 Å². The Labute approximate surface area is 67.3 Å². The summed E-state index contributed by atoms with van der Waals surface area (Å²) in [6.07, 6.45) is 0.394. The minimum Gasteiger partial charge on any atom is -0.303 e. The summed E-state index contributed by atoms with van der Waals surface area (Å²) in [5, 5.41) is 0. The van der Waals surface area contributed by atoms with Gasteiger partial charge < -0.3 is 9.79 Å². The number of halogens is 1. The fraction of sp³-hybridized carbons (Fsp3) is 0.500. The third kappa shape index (κ3) is 8.33. The van der Waals surface area contributed by atoms with Gasteiger partial charge in [-0.1, -0.05) is 22.5 Å². The second kappa shape index (κ2) is 4.26. The normalized spacial score (nSPS) is 11.5. The van der Waals surface area contributed by atoms with Crippen LogP contribution in [-0.4, -0.2) is 16.4 Å². The zero-order valence-electron chi connectivity index (χ0n) is 5.16. The molecule has 0 bridgehead atoms. The monoisotopic (exact) mass is 230 g/mol. The average molecular weight is 231 g/mol. The van der Waals surface area contributed by atoms with E-state index in [1.807, 2.05) is 0 Å². The van der Waals surface area contributed by atoms with Crippen molar-refractivity contribution in [2.45, 2.75) is 6.42 Å². The second-order valence-electron chi connectivity index (χ2n) is 1.59. The lowest BCUT2D eigenvalue weighted by atomic mass is 10.5. The van der Waals surface area contributed by atoms with Gasteiger partial charge >= 0.3 is 7.82 Å². The van der Waals surface area contributed by atoms with Crippen molar-refractivity contribution in [3.05, 3.63) is 11.1 Å². The first-order valence-corrected chi connectivity index (χ1v) is 4.77. The zero-order chi connectivity index (χ0) is 8.20. The molecule has 0 amide bonds. The van der Waals surface area contributed by atoms with Crippen LogP contribution in [-0.2, 0) is 9.09 Å². The van der Waals surface area contributed by atoms with Crippen LogP contribution in [0.5, 0.6) is 0 Å². The highest BCUT2D eigenvalue weighted by molar-refractivity contribution is 9.11. The molecule has 4 nitrogen and oxygen atoms in total. The average Bonchev–Trinajstić information content (AvgIpc) is 1.59. The Hall–Kier alpha value is 0.330. The third-order valence-electron chi connectivity index (χ3n) is 0.633. The molecule has 0 atom stereocenters. The second-order valence-corrected chi connectivity index (χ2v) is 3.95.